The van der Waals surface area contributed by atoms with Crippen molar-refractivity contribution in [3.63, 3.8) is 0 Å². The summed E-state index contributed by atoms with van der Waals surface area (Å²) in [6, 6.07) is 5.73. The number of nitrogens with one attached hydrogen (secondary N) is 2. The predicted octanol–water partition coefficient (Wildman–Crippen LogP) is 4.82. The van der Waals surface area contributed by atoms with E-state index in [1.807, 2.05) is 0 Å². The van der Waals surface area contributed by atoms with Crippen molar-refractivity contribution in [2.24, 2.45) is 0 Å². The van der Waals surface area contributed by atoms with Crippen LogP contribution in [0.2, 0.25) is 0 Å². The number of carbonyl (C=O) groups excluding carboxylic acids is 1. The molecule has 1 aliphatic rings. The summed E-state index contributed by atoms with van der Waals surface area (Å²) in [5.41, 5.74) is 1.24. The van der Waals surface area contributed by atoms with Crippen molar-refractivity contribution < 1.29 is 28.3 Å². The molecule has 2 heterocycles. The second kappa shape index (κ2) is 10.6. The highest BCUT2D eigenvalue weighted by molar-refractivity contribution is 9.10. The molecule has 1 aliphatic heterocycles. The van der Waals surface area contributed by atoms with Gasteiger partial charge in [-0.3, -0.25) is 9.63 Å². The number of aliphatic hydroxyl groups is 1. The zero-order valence-corrected chi connectivity index (χ0v) is 21.0. The summed E-state index contributed by atoms with van der Waals surface area (Å²) in [6.45, 7) is 3.92. The van der Waals surface area contributed by atoms with E-state index < -0.39 is 23.1 Å². The van der Waals surface area contributed by atoms with Gasteiger partial charge in [-0.25, -0.2) is 19.2 Å². The molecule has 1 aromatic heterocycles. The van der Waals surface area contributed by atoms with Crippen LogP contribution in [-0.2, 0) is 16.1 Å². The number of amides is 1. The highest BCUT2D eigenvalue weighted by Gasteiger charge is 2.26. The average Bonchev–Trinajstić information content (AvgIpc) is 3.24. The molecule has 1 atom stereocenters. The second-order valence-corrected chi connectivity index (χ2v) is 9.98. The molecule has 0 bridgehead atoms. The first-order chi connectivity index (χ1) is 16.7. The maximum absolute atomic E-state index is 15.8. The quantitative estimate of drug-likeness (QED) is 0.346. The molecule has 0 radical (unpaired) electrons. The summed E-state index contributed by atoms with van der Waals surface area (Å²) in [7, 11) is 0. The van der Waals surface area contributed by atoms with Gasteiger partial charge in [0.05, 0.1) is 48.0 Å². The van der Waals surface area contributed by atoms with Crippen molar-refractivity contribution in [3.05, 3.63) is 52.3 Å². The molecule has 1 fully saturated rings. The lowest BCUT2D eigenvalue weighted by Crippen LogP contribution is -2.38. The fourth-order valence-corrected chi connectivity index (χ4v) is 4.11. The summed E-state index contributed by atoms with van der Waals surface area (Å²) in [5.74, 6) is -2.21. The normalized spacial score (nSPS) is 16.5. The lowest BCUT2D eigenvalue weighted by Gasteiger charge is -2.23. The molecule has 1 unspecified atom stereocenters. The number of aliphatic hydroxyl groups excluding tert-OH is 1. The van der Waals surface area contributed by atoms with E-state index >= 15 is 4.39 Å². The molecule has 0 aliphatic carbocycles. The minimum atomic E-state index is -1.07. The van der Waals surface area contributed by atoms with Gasteiger partial charge in [0.15, 0.2) is 5.82 Å². The van der Waals surface area contributed by atoms with E-state index in [1.165, 1.54) is 24.5 Å². The van der Waals surface area contributed by atoms with E-state index in [0.717, 1.165) is 19.3 Å². The third-order valence-corrected chi connectivity index (χ3v) is 6.26. The Labute approximate surface area is 209 Å². The maximum atomic E-state index is 15.8. The molecule has 188 valence electrons. The Balaban J connectivity index is 1.75. The van der Waals surface area contributed by atoms with Crippen LogP contribution in [0.4, 0.5) is 20.2 Å². The number of imidazole rings is 1. The number of hydrogen-bond donors (Lipinski definition) is 3. The van der Waals surface area contributed by atoms with E-state index in [-0.39, 0.29) is 35.2 Å². The molecular weight excluding hydrogens is 526 g/mol. The topological polar surface area (TPSA) is 97.6 Å². The Morgan fingerprint density at radius 3 is 2.83 bits per heavy atom. The van der Waals surface area contributed by atoms with Crippen molar-refractivity contribution in [3.8, 4) is 0 Å². The van der Waals surface area contributed by atoms with Gasteiger partial charge in [-0.1, -0.05) is 15.9 Å². The lowest BCUT2D eigenvalue weighted by molar-refractivity contribution is -0.0956. The van der Waals surface area contributed by atoms with Crippen molar-refractivity contribution in [2.75, 3.05) is 18.5 Å². The third kappa shape index (κ3) is 5.80. The number of ether oxygens (including phenoxy) is 1. The van der Waals surface area contributed by atoms with Gasteiger partial charge >= 0.3 is 0 Å². The SMILES string of the molecule is CC(C)(CO)ONC(=O)c1cc2c(ncn2CC2CCCCO2)c(F)c1Nc1ccc(Br)cc1F. The molecular formula is C24H27BrF2N4O4. The van der Waals surface area contributed by atoms with Crippen LogP contribution in [0.1, 0.15) is 43.5 Å². The maximum Gasteiger partial charge on any atom is 0.277 e. The van der Waals surface area contributed by atoms with Gasteiger partial charge in [0.2, 0.25) is 0 Å². The Hall–Kier alpha value is -2.60. The van der Waals surface area contributed by atoms with Crippen LogP contribution < -0.4 is 10.8 Å². The molecule has 3 N–H and O–H groups in total. The first kappa shape index (κ1) is 25.5. The zero-order valence-electron chi connectivity index (χ0n) is 19.4. The monoisotopic (exact) mass is 552 g/mol. The number of nitrogens with zero attached hydrogens (tertiary/aromatic N) is 2. The highest BCUT2D eigenvalue weighted by Crippen LogP contribution is 2.33. The summed E-state index contributed by atoms with van der Waals surface area (Å²) in [6.07, 6.45) is 4.39. The smallest absolute Gasteiger partial charge is 0.277 e. The van der Waals surface area contributed by atoms with E-state index in [1.54, 1.807) is 24.5 Å². The molecule has 3 aromatic rings. The summed E-state index contributed by atoms with van der Waals surface area (Å²) >= 11 is 3.19. The largest absolute Gasteiger partial charge is 0.393 e. The van der Waals surface area contributed by atoms with Crippen LogP contribution in [-0.4, -0.2) is 45.5 Å². The van der Waals surface area contributed by atoms with E-state index in [0.29, 0.717) is 23.1 Å². The minimum absolute atomic E-state index is 0.0212. The van der Waals surface area contributed by atoms with Gasteiger partial charge in [0.1, 0.15) is 16.9 Å². The molecule has 8 nitrogen and oxygen atoms in total. The lowest BCUT2D eigenvalue weighted by atomic mass is 10.1. The van der Waals surface area contributed by atoms with E-state index in [2.05, 4.69) is 31.7 Å². The number of aromatic nitrogens is 2. The van der Waals surface area contributed by atoms with Crippen LogP contribution in [0.25, 0.3) is 11.0 Å². The highest BCUT2D eigenvalue weighted by atomic mass is 79.9. The Bertz CT molecular complexity index is 1230. The molecule has 0 saturated carbocycles. The number of anilines is 2. The standard InChI is InChI=1S/C24H27BrF2N4O4/c1-24(2,12-32)35-30-23(33)16-10-19-22(28-13-31(19)11-15-5-3-4-8-34-15)20(27)21(16)29-18-7-6-14(25)9-17(18)26/h6-7,9-10,13,15,29,32H,3-5,8,11-12H2,1-2H3,(H,30,33). The number of hydrogen-bond acceptors (Lipinski definition) is 6. The molecule has 1 saturated heterocycles. The summed E-state index contributed by atoms with van der Waals surface area (Å²) in [5, 5.41) is 12.1. The van der Waals surface area contributed by atoms with Gasteiger partial charge in [-0.15, -0.1) is 0 Å². The number of rotatable bonds is 8. The first-order valence-corrected chi connectivity index (χ1v) is 12.1. The van der Waals surface area contributed by atoms with E-state index in [9.17, 15) is 14.3 Å². The molecule has 4 rings (SSSR count). The number of hydroxylamine groups is 1. The van der Waals surface area contributed by atoms with Gasteiger partial charge in [0.25, 0.3) is 5.91 Å². The Kier molecular flexibility index (Phi) is 7.70. The van der Waals surface area contributed by atoms with Crippen molar-refractivity contribution in [2.45, 2.75) is 51.4 Å². The summed E-state index contributed by atoms with van der Waals surface area (Å²) in [4.78, 5) is 22.6. The molecule has 0 spiro atoms. The molecule has 35 heavy (non-hydrogen) atoms. The molecule has 11 heteroatoms. The minimum Gasteiger partial charge on any atom is -0.393 e. The number of fused-ring (bicyclic) bond motifs is 1. The van der Waals surface area contributed by atoms with Gasteiger partial charge in [-0.05, 0) is 57.4 Å². The number of halogens is 3. The van der Waals surface area contributed by atoms with Crippen LogP contribution in [0.5, 0.6) is 0 Å². The Morgan fingerprint density at radius 2 is 2.14 bits per heavy atom. The Morgan fingerprint density at radius 1 is 1.34 bits per heavy atom. The van der Waals surface area contributed by atoms with E-state index in [4.69, 9.17) is 9.57 Å². The van der Waals surface area contributed by atoms with Crippen molar-refractivity contribution in [1.29, 1.82) is 0 Å². The van der Waals surface area contributed by atoms with Crippen LogP contribution >= 0.6 is 15.9 Å². The predicted molar refractivity (Wildman–Crippen MR) is 130 cm³/mol. The van der Waals surface area contributed by atoms with Crippen molar-refractivity contribution in [1.82, 2.24) is 15.0 Å². The van der Waals surface area contributed by atoms with Gasteiger partial charge < -0.3 is 19.7 Å². The average molecular weight is 553 g/mol. The third-order valence-electron chi connectivity index (χ3n) is 5.77. The van der Waals surface area contributed by atoms with Crippen molar-refractivity contribution >= 4 is 44.2 Å². The number of benzene rings is 2. The fourth-order valence-electron chi connectivity index (χ4n) is 3.77. The molecule has 2 aromatic carbocycles. The van der Waals surface area contributed by atoms with Gasteiger partial charge in [-0.2, -0.15) is 0 Å². The zero-order chi connectivity index (χ0) is 25.2. The fraction of sp³-hybridized carbons (Fsp3) is 0.417. The van der Waals surface area contributed by atoms with Crippen LogP contribution in [0.3, 0.4) is 0 Å². The molecule has 1 amide bonds. The first-order valence-electron chi connectivity index (χ1n) is 11.3. The number of carbonyl (C=O) groups is 1. The van der Waals surface area contributed by atoms with Gasteiger partial charge in [0, 0.05) is 11.1 Å². The van der Waals surface area contributed by atoms with Crippen LogP contribution in [0.15, 0.2) is 35.1 Å². The second-order valence-electron chi connectivity index (χ2n) is 9.07. The van der Waals surface area contributed by atoms with Crippen LogP contribution in [0, 0.1) is 11.6 Å². The summed E-state index contributed by atoms with van der Waals surface area (Å²) < 4.78 is 38.3.